The Morgan fingerprint density at radius 1 is 1.40 bits per heavy atom. The van der Waals surface area contributed by atoms with Crippen LogP contribution >= 0.6 is 11.3 Å². The maximum Gasteiger partial charge on any atom is 0.128 e. The van der Waals surface area contributed by atoms with Crippen LogP contribution in [0.3, 0.4) is 0 Å². The van der Waals surface area contributed by atoms with Crippen molar-refractivity contribution in [3.8, 4) is 0 Å². The molecule has 0 aliphatic carbocycles. The molecule has 0 aromatic carbocycles. The monoisotopic (exact) mass is 290 g/mol. The second kappa shape index (κ2) is 6.81. The first kappa shape index (κ1) is 14.9. The molecule has 5 heteroatoms. The highest BCUT2D eigenvalue weighted by molar-refractivity contribution is 7.09. The molecule has 0 saturated heterocycles. The summed E-state index contributed by atoms with van der Waals surface area (Å²) >= 11 is 1.71. The van der Waals surface area contributed by atoms with Gasteiger partial charge in [0.2, 0.25) is 0 Å². The third-order valence-corrected chi connectivity index (χ3v) is 4.26. The van der Waals surface area contributed by atoms with Crippen molar-refractivity contribution in [3.63, 3.8) is 0 Å². The minimum atomic E-state index is 0.175. The number of thiazole rings is 1. The Morgan fingerprint density at radius 3 is 2.80 bits per heavy atom. The normalized spacial score (nSPS) is 12.6. The van der Waals surface area contributed by atoms with E-state index in [4.69, 9.17) is 5.73 Å². The van der Waals surface area contributed by atoms with Gasteiger partial charge in [0.1, 0.15) is 5.82 Å². The maximum absolute atomic E-state index is 6.08. The average Bonchev–Trinajstić information content (AvgIpc) is 2.81. The zero-order valence-corrected chi connectivity index (χ0v) is 13.1. The predicted octanol–water partition coefficient (Wildman–Crippen LogP) is 3.02. The van der Waals surface area contributed by atoms with E-state index in [1.54, 1.807) is 17.5 Å². The van der Waals surface area contributed by atoms with Crippen molar-refractivity contribution in [1.82, 2.24) is 15.3 Å². The molecule has 0 spiro atoms. The SMILES string of the molecule is CCCNC(Cc1nc(C)cs1)c1c(C)ccnc1N. The molecule has 1 atom stereocenters. The quantitative estimate of drug-likeness (QED) is 0.858. The molecule has 2 aromatic heterocycles. The molecule has 20 heavy (non-hydrogen) atoms. The van der Waals surface area contributed by atoms with Crippen molar-refractivity contribution in [1.29, 1.82) is 0 Å². The van der Waals surface area contributed by atoms with Gasteiger partial charge in [-0.1, -0.05) is 6.92 Å². The Balaban J connectivity index is 2.27. The lowest BCUT2D eigenvalue weighted by molar-refractivity contribution is 0.526. The van der Waals surface area contributed by atoms with Gasteiger partial charge in [0.25, 0.3) is 0 Å². The molecule has 0 fully saturated rings. The first-order valence-electron chi connectivity index (χ1n) is 6.97. The smallest absolute Gasteiger partial charge is 0.128 e. The van der Waals surface area contributed by atoms with Crippen molar-refractivity contribution in [2.24, 2.45) is 0 Å². The molecule has 0 saturated carbocycles. The van der Waals surface area contributed by atoms with Gasteiger partial charge in [-0.25, -0.2) is 9.97 Å². The third-order valence-electron chi connectivity index (χ3n) is 3.27. The lowest BCUT2D eigenvalue weighted by atomic mass is 9.99. The molecule has 0 bridgehead atoms. The van der Waals surface area contributed by atoms with Crippen molar-refractivity contribution in [3.05, 3.63) is 39.5 Å². The van der Waals surface area contributed by atoms with E-state index >= 15 is 0 Å². The summed E-state index contributed by atoms with van der Waals surface area (Å²) in [7, 11) is 0. The van der Waals surface area contributed by atoms with Crippen LogP contribution in [0.2, 0.25) is 0 Å². The van der Waals surface area contributed by atoms with Crippen LogP contribution in [0, 0.1) is 13.8 Å². The maximum atomic E-state index is 6.08. The van der Waals surface area contributed by atoms with Gasteiger partial charge in [0.05, 0.1) is 5.01 Å². The van der Waals surface area contributed by atoms with E-state index in [2.05, 4.69) is 34.5 Å². The fourth-order valence-corrected chi connectivity index (χ4v) is 3.13. The van der Waals surface area contributed by atoms with Crippen LogP contribution in [0.4, 0.5) is 5.82 Å². The lowest BCUT2D eigenvalue weighted by Gasteiger charge is -2.21. The minimum Gasteiger partial charge on any atom is -0.383 e. The molecule has 2 rings (SSSR count). The summed E-state index contributed by atoms with van der Waals surface area (Å²) in [6, 6.07) is 2.19. The number of nitrogen functional groups attached to an aromatic ring is 1. The second-order valence-electron chi connectivity index (χ2n) is 5.02. The molecule has 0 aliphatic heterocycles. The highest BCUT2D eigenvalue weighted by atomic mass is 32.1. The van der Waals surface area contributed by atoms with E-state index < -0.39 is 0 Å². The summed E-state index contributed by atoms with van der Waals surface area (Å²) in [5, 5.41) is 6.80. The molecule has 1 unspecified atom stereocenters. The van der Waals surface area contributed by atoms with Crippen molar-refractivity contribution in [2.45, 2.75) is 39.7 Å². The fourth-order valence-electron chi connectivity index (χ4n) is 2.31. The Bertz CT molecular complexity index is 545. The Labute approximate surface area is 124 Å². The minimum absolute atomic E-state index is 0.175. The zero-order chi connectivity index (χ0) is 14.5. The van der Waals surface area contributed by atoms with Gasteiger partial charge in [-0.2, -0.15) is 0 Å². The standard InChI is InChI=1S/C15H22N4S/c1-4-6-17-12(8-13-19-11(3)9-20-13)14-10(2)5-7-18-15(14)16/h5,7,9,12,17H,4,6,8H2,1-3H3,(H2,16,18). The number of rotatable bonds is 6. The fraction of sp³-hybridized carbons (Fsp3) is 0.467. The predicted molar refractivity (Wildman–Crippen MR) is 85.0 cm³/mol. The van der Waals surface area contributed by atoms with Crippen LogP contribution in [-0.4, -0.2) is 16.5 Å². The molecular weight excluding hydrogens is 268 g/mol. The van der Waals surface area contributed by atoms with Gasteiger partial charge in [-0.15, -0.1) is 11.3 Å². The number of aryl methyl sites for hydroxylation is 2. The summed E-state index contributed by atoms with van der Waals surface area (Å²) in [4.78, 5) is 8.80. The summed E-state index contributed by atoms with van der Waals surface area (Å²) in [6.45, 7) is 7.24. The van der Waals surface area contributed by atoms with Gasteiger partial charge in [0, 0.05) is 35.3 Å². The molecule has 0 radical (unpaired) electrons. The number of hydrogen-bond donors (Lipinski definition) is 2. The Hall–Kier alpha value is -1.46. The molecule has 3 N–H and O–H groups in total. The Kier molecular flexibility index (Phi) is 5.09. The number of anilines is 1. The first-order chi connectivity index (χ1) is 9.61. The zero-order valence-electron chi connectivity index (χ0n) is 12.3. The summed E-state index contributed by atoms with van der Waals surface area (Å²) in [5.41, 5.74) is 9.45. The van der Waals surface area contributed by atoms with Crippen molar-refractivity contribution < 1.29 is 0 Å². The number of hydrogen-bond acceptors (Lipinski definition) is 5. The number of nitrogens with zero attached hydrogens (tertiary/aromatic N) is 2. The van der Waals surface area contributed by atoms with Crippen LogP contribution < -0.4 is 11.1 Å². The van der Waals surface area contributed by atoms with E-state index in [1.165, 1.54) is 5.56 Å². The van der Waals surface area contributed by atoms with E-state index in [9.17, 15) is 0 Å². The number of nitrogens with two attached hydrogens (primary N) is 1. The van der Waals surface area contributed by atoms with Crippen LogP contribution in [0.5, 0.6) is 0 Å². The summed E-state index contributed by atoms with van der Waals surface area (Å²) < 4.78 is 0. The topological polar surface area (TPSA) is 63.8 Å². The van der Waals surface area contributed by atoms with Crippen LogP contribution in [0.1, 0.15) is 41.2 Å². The van der Waals surface area contributed by atoms with Crippen molar-refractivity contribution in [2.75, 3.05) is 12.3 Å². The van der Waals surface area contributed by atoms with Gasteiger partial charge in [0.15, 0.2) is 0 Å². The number of pyridine rings is 1. The molecule has 2 aromatic rings. The number of nitrogens with one attached hydrogen (secondary N) is 1. The molecule has 0 amide bonds. The molecule has 108 valence electrons. The van der Waals surface area contributed by atoms with E-state index in [0.717, 1.165) is 35.7 Å². The van der Waals surface area contributed by atoms with Gasteiger partial charge < -0.3 is 11.1 Å². The molecule has 4 nitrogen and oxygen atoms in total. The van der Waals surface area contributed by atoms with E-state index in [-0.39, 0.29) is 6.04 Å². The first-order valence-corrected chi connectivity index (χ1v) is 7.85. The largest absolute Gasteiger partial charge is 0.383 e. The van der Waals surface area contributed by atoms with Crippen LogP contribution in [-0.2, 0) is 6.42 Å². The van der Waals surface area contributed by atoms with Crippen LogP contribution in [0.15, 0.2) is 17.6 Å². The summed E-state index contributed by atoms with van der Waals surface area (Å²) in [5.74, 6) is 0.617. The molecule has 2 heterocycles. The second-order valence-corrected chi connectivity index (χ2v) is 5.96. The summed E-state index contributed by atoms with van der Waals surface area (Å²) in [6.07, 6.45) is 3.71. The highest BCUT2D eigenvalue weighted by Crippen LogP contribution is 2.26. The van der Waals surface area contributed by atoms with E-state index in [0.29, 0.717) is 5.82 Å². The average molecular weight is 290 g/mol. The number of aromatic nitrogens is 2. The van der Waals surface area contributed by atoms with Gasteiger partial charge in [-0.05, 0) is 38.4 Å². The third kappa shape index (κ3) is 3.55. The highest BCUT2D eigenvalue weighted by Gasteiger charge is 2.18. The van der Waals surface area contributed by atoms with E-state index in [1.807, 2.05) is 13.0 Å². The van der Waals surface area contributed by atoms with Gasteiger partial charge in [-0.3, -0.25) is 0 Å². The lowest BCUT2D eigenvalue weighted by Crippen LogP contribution is -2.26. The van der Waals surface area contributed by atoms with Crippen LogP contribution in [0.25, 0.3) is 0 Å². The van der Waals surface area contributed by atoms with Crippen molar-refractivity contribution >= 4 is 17.2 Å². The van der Waals surface area contributed by atoms with Gasteiger partial charge >= 0.3 is 0 Å². The molecular formula is C15H22N4S. The Morgan fingerprint density at radius 2 is 2.20 bits per heavy atom. The molecule has 0 aliphatic rings.